The van der Waals surface area contributed by atoms with E-state index in [2.05, 4.69) is 182 Å². The number of nitriles is 1. The fraction of sp³-hybridized carbons (Fsp3) is 0.127. The van der Waals surface area contributed by atoms with E-state index < -0.39 is 11.7 Å². The van der Waals surface area contributed by atoms with Crippen molar-refractivity contribution in [1.82, 2.24) is 9.13 Å². The minimum absolute atomic E-state index is 0.278. The Labute approximate surface area is 398 Å². The number of fused-ring (bicyclic) bond motifs is 14. The third-order valence-corrected chi connectivity index (χ3v) is 15.5. The maximum absolute atomic E-state index is 14.1. The summed E-state index contributed by atoms with van der Waals surface area (Å²) >= 11 is 0. The van der Waals surface area contributed by atoms with Crippen molar-refractivity contribution in [2.24, 2.45) is 0 Å². The topological polar surface area (TPSA) is 33.6 Å². The number of aryl methyl sites for hydroxylation is 1. The lowest BCUT2D eigenvalue weighted by Crippen LogP contribution is -2.15. The quantitative estimate of drug-likeness (QED) is 0.173. The molecule has 0 radical (unpaired) electrons. The van der Waals surface area contributed by atoms with Gasteiger partial charge in [-0.05, 0) is 129 Å². The zero-order valence-electron chi connectivity index (χ0n) is 38.7. The summed E-state index contributed by atoms with van der Waals surface area (Å²) in [7, 11) is 0. The van der Waals surface area contributed by atoms with Crippen LogP contribution in [0.3, 0.4) is 0 Å². The highest BCUT2D eigenvalue weighted by atomic mass is 19.4. The van der Waals surface area contributed by atoms with E-state index in [9.17, 15) is 18.4 Å². The Morgan fingerprint density at radius 3 is 1.51 bits per heavy atom. The second-order valence-electron chi connectivity index (χ2n) is 19.9. The van der Waals surface area contributed by atoms with Crippen molar-refractivity contribution in [3.63, 3.8) is 0 Å². The molecule has 0 saturated carbocycles. The molecule has 13 rings (SSSR count). The van der Waals surface area contributed by atoms with Gasteiger partial charge in [0.2, 0.25) is 0 Å². The van der Waals surface area contributed by atoms with Gasteiger partial charge in [0, 0.05) is 43.5 Å². The van der Waals surface area contributed by atoms with Crippen molar-refractivity contribution in [2.45, 2.75) is 51.6 Å². The van der Waals surface area contributed by atoms with Crippen molar-refractivity contribution in [3.05, 3.63) is 215 Å². The van der Waals surface area contributed by atoms with E-state index >= 15 is 0 Å². The molecule has 0 fully saturated rings. The van der Waals surface area contributed by atoms with Gasteiger partial charge in [-0.25, -0.2) is 0 Å². The zero-order valence-corrected chi connectivity index (χ0v) is 38.7. The number of halogens is 3. The molecule has 2 heterocycles. The highest BCUT2D eigenvalue weighted by Gasteiger charge is 2.40. The first-order valence-corrected chi connectivity index (χ1v) is 23.5. The second kappa shape index (κ2) is 14.2. The largest absolute Gasteiger partial charge is 0.416 e. The fourth-order valence-electron chi connectivity index (χ4n) is 12.5. The van der Waals surface area contributed by atoms with Crippen molar-refractivity contribution < 1.29 is 13.2 Å². The Morgan fingerprint density at radius 2 is 0.957 bits per heavy atom. The lowest BCUT2D eigenvalue weighted by molar-refractivity contribution is -0.137. The molecular weight excluding hydrogens is 856 g/mol. The average molecular weight is 900 g/mol. The molecule has 0 unspecified atom stereocenters. The van der Waals surface area contributed by atoms with Crippen LogP contribution in [-0.4, -0.2) is 9.13 Å². The van der Waals surface area contributed by atoms with Gasteiger partial charge in [0.1, 0.15) is 0 Å². The summed E-state index contributed by atoms with van der Waals surface area (Å²) in [5.74, 6) is 0. The molecule has 332 valence electrons. The van der Waals surface area contributed by atoms with Gasteiger partial charge in [0.15, 0.2) is 0 Å². The number of hydrogen-bond donors (Lipinski definition) is 0. The van der Waals surface area contributed by atoms with E-state index in [1.807, 2.05) is 18.2 Å². The predicted octanol–water partition coefficient (Wildman–Crippen LogP) is 17.0. The smallest absolute Gasteiger partial charge is 0.309 e. The van der Waals surface area contributed by atoms with Gasteiger partial charge < -0.3 is 9.13 Å². The highest BCUT2D eigenvalue weighted by Crippen LogP contribution is 2.56. The van der Waals surface area contributed by atoms with Crippen LogP contribution >= 0.6 is 0 Å². The van der Waals surface area contributed by atoms with Crippen LogP contribution in [0.15, 0.2) is 176 Å². The maximum Gasteiger partial charge on any atom is 0.416 e. The summed E-state index contributed by atoms with van der Waals surface area (Å²) in [6.07, 6.45) is -4.47. The molecular formula is C63H44F3N3. The number of benzene rings is 9. The molecule has 3 nitrogen and oxygen atoms in total. The molecule has 0 amide bonds. The molecule has 2 aromatic heterocycles. The predicted molar refractivity (Wildman–Crippen MR) is 276 cm³/mol. The summed E-state index contributed by atoms with van der Waals surface area (Å²) < 4.78 is 46.9. The van der Waals surface area contributed by atoms with Crippen LogP contribution in [0.2, 0.25) is 0 Å². The van der Waals surface area contributed by atoms with E-state index in [4.69, 9.17) is 0 Å². The maximum atomic E-state index is 14.1. The molecule has 2 aliphatic carbocycles. The van der Waals surface area contributed by atoms with E-state index in [0.717, 1.165) is 60.9 Å². The Hall–Kier alpha value is -8.14. The van der Waals surface area contributed by atoms with E-state index in [0.29, 0.717) is 16.7 Å². The third-order valence-electron chi connectivity index (χ3n) is 15.5. The van der Waals surface area contributed by atoms with Crippen LogP contribution in [0.5, 0.6) is 0 Å². The number of alkyl halides is 3. The van der Waals surface area contributed by atoms with Gasteiger partial charge in [-0.2, -0.15) is 18.4 Å². The molecule has 0 N–H and O–H groups in total. The molecule has 0 bridgehead atoms. The Balaban J connectivity index is 1.14. The normalized spacial score (nSPS) is 14.3. The van der Waals surface area contributed by atoms with Crippen LogP contribution in [0.4, 0.5) is 13.2 Å². The molecule has 11 aromatic rings. The zero-order chi connectivity index (χ0) is 47.3. The van der Waals surface area contributed by atoms with Gasteiger partial charge in [-0.15, -0.1) is 0 Å². The fourth-order valence-corrected chi connectivity index (χ4v) is 12.5. The van der Waals surface area contributed by atoms with Gasteiger partial charge >= 0.3 is 6.18 Å². The molecule has 2 aliphatic rings. The molecule has 0 saturated heterocycles. The number of nitrogens with zero attached hydrogens (tertiary/aromatic N) is 3. The van der Waals surface area contributed by atoms with Crippen molar-refractivity contribution in [2.75, 3.05) is 0 Å². The Kier molecular flexibility index (Phi) is 8.45. The van der Waals surface area contributed by atoms with Gasteiger partial charge in [0.25, 0.3) is 0 Å². The first kappa shape index (κ1) is 41.1. The molecule has 69 heavy (non-hydrogen) atoms. The Bertz CT molecular complexity index is 4090. The minimum atomic E-state index is -4.47. The van der Waals surface area contributed by atoms with E-state index in [-0.39, 0.29) is 10.8 Å². The van der Waals surface area contributed by atoms with Crippen molar-refractivity contribution in [3.8, 4) is 62.0 Å². The SMILES string of the molecule is Cc1cc(C(F)(F)F)ccc1-c1ccc(-n2c3ccccc3c3c4c(ccc32)-c2ccccc2C4(C)C)c(-c2ccc(C#N)cc2-n2c3ccccc3c3c4c(ccc32)-c2ccccc2C4(C)C)c1. The molecule has 0 aliphatic heterocycles. The number of para-hydroxylation sites is 2. The molecule has 0 atom stereocenters. The monoisotopic (exact) mass is 899 g/mol. The van der Waals surface area contributed by atoms with Crippen LogP contribution in [0.25, 0.3) is 99.5 Å². The molecule has 6 heteroatoms. The minimum Gasteiger partial charge on any atom is -0.309 e. The standard InChI is InChI=1S/C63H44F3N3/c1-36-32-39(63(64,65)66)24-26-40(36)38-23-29-53(68-51-20-12-8-16-46(51)57-54(68)30-27-44-41-14-6-10-18-49(41)61(2,3)59(44)57)48(34-38)43-25-22-37(35-67)33-56(43)69-52-21-13-9-17-47(52)58-55(69)31-28-45-42-15-7-11-19-50(42)62(4,5)60(45)58/h6-34H,1-5H3. The first-order chi connectivity index (χ1) is 33.3. The third kappa shape index (κ3) is 5.62. The lowest BCUT2D eigenvalue weighted by atomic mass is 9.80. The van der Waals surface area contributed by atoms with Crippen LogP contribution in [0, 0.1) is 18.3 Å². The lowest BCUT2D eigenvalue weighted by Gasteiger charge is -2.23. The summed E-state index contributed by atoms with van der Waals surface area (Å²) in [4.78, 5) is 0. The van der Waals surface area contributed by atoms with Crippen molar-refractivity contribution >= 4 is 43.6 Å². The van der Waals surface area contributed by atoms with Crippen LogP contribution in [0.1, 0.15) is 66.6 Å². The number of rotatable bonds is 4. The molecule has 9 aromatic carbocycles. The van der Waals surface area contributed by atoms with Gasteiger partial charge in [0.05, 0.1) is 50.6 Å². The van der Waals surface area contributed by atoms with Crippen LogP contribution in [-0.2, 0) is 17.0 Å². The number of aromatic nitrogens is 2. The molecule has 0 spiro atoms. The van der Waals surface area contributed by atoms with Crippen LogP contribution < -0.4 is 0 Å². The van der Waals surface area contributed by atoms with E-state index in [1.54, 1.807) is 13.0 Å². The first-order valence-electron chi connectivity index (χ1n) is 23.5. The van der Waals surface area contributed by atoms with Gasteiger partial charge in [-0.3, -0.25) is 0 Å². The second-order valence-corrected chi connectivity index (χ2v) is 19.9. The number of hydrogen-bond acceptors (Lipinski definition) is 1. The average Bonchev–Trinajstić information content (AvgIpc) is 4.02. The summed E-state index contributed by atoms with van der Waals surface area (Å²) in [6.45, 7) is 11.0. The summed E-state index contributed by atoms with van der Waals surface area (Å²) in [5.41, 5.74) is 19.0. The van der Waals surface area contributed by atoms with Crippen molar-refractivity contribution in [1.29, 1.82) is 5.26 Å². The Morgan fingerprint density at radius 1 is 0.449 bits per heavy atom. The van der Waals surface area contributed by atoms with Gasteiger partial charge in [-0.1, -0.05) is 143 Å². The highest BCUT2D eigenvalue weighted by molar-refractivity contribution is 6.16. The summed E-state index contributed by atoms with van der Waals surface area (Å²) in [5, 5.41) is 15.2. The summed E-state index contributed by atoms with van der Waals surface area (Å²) in [6, 6.07) is 62.2. The van der Waals surface area contributed by atoms with E-state index in [1.165, 1.54) is 67.4 Å².